The highest BCUT2D eigenvalue weighted by molar-refractivity contribution is 6.05. The highest BCUT2D eigenvalue weighted by Crippen LogP contribution is 2.43. The van der Waals surface area contributed by atoms with Crippen molar-refractivity contribution in [2.24, 2.45) is 0 Å². The van der Waals surface area contributed by atoms with Crippen molar-refractivity contribution in [2.45, 2.75) is 44.2 Å². The molecular formula is C21H18F6N2O. The zero-order chi connectivity index (χ0) is 21.7. The molecular weight excluding hydrogens is 410 g/mol. The first kappa shape index (κ1) is 20.6. The molecule has 2 aliphatic heterocycles. The molecule has 4 rings (SSSR count). The quantitative estimate of drug-likeness (QED) is 0.579. The largest absolute Gasteiger partial charge is 0.416 e. The molecule has 0 bridgehead atoms. The summed E-state index contributed by atoms with van der Waals surface area (Å²) in [4.78, 5) is 16.1. The van der Waals surface area contributed by atoms with E-state index in [0.717, 1.165) is 37.1 Å². The van der Waals surface area contributed by atoms with E-state index in [4.69, 9.17) is 0 Å². The molecule has 9 heteroatoms. The monoisotopic (exact) mass is 428 g/mol. The summed E-state index contributed by atoms with van der Waals surface area (Å²) in [7, 11) is 0. The van der Waals surface area contributed by atoms with Crippen molar-refractivity contribution in [1.29, 1.82) is 0 Å². The minimum Gasteiger partial charge on any atom is -0.358 e. The number of rotatable bonds is 2. The summed E-state index contributed by atoms with van der Waals surface area (Å²) in [5, 5.41) is 0. The summed E-state index contributed by atoms with van der Waals surface area (Å²) in [6.45, 7) is 0.313. The van der Waals surface area contributed by atoms with Crippen LogP contribution in [0.4, 0.5) is 37.7 Å². The molecule has 2 heterocycles. The van der Waals surface area contributed by atoms with Crippen molar-refractivity contribution in [3.8, 4) is 0 Å². The number of piperidine rings is 1. The number of hydrogen-bond donors (Lipinski definition) is 0. The SMILES string of the molecule is O=C1C2CCCCN2c2ccc(C(F)(F)F)cc2N1Cc1cccc(C(F)(F)F)c1. The molecule has 1 fully saturated rings. The molecule has 2 aromatic carbocycles. The van der Waals surface area contributed by atoms with E-state index in [1.165, 1.54) is 23.1 Å². The number of halogens is 6. The summed E-state index contributed by atoms with van der Waals surface area (Å²) < 4.78 is 79.0. The van der Waals surface area contributed by atoms with E-state index >= 15 is 0 Å². The number of alkyl halides is 6. The third-order valence-corrected chi connectivity index (χ3v) is 5.55. The second kappa shape index (κ2) is 7.21. The van der Waals surface area contributed by atoms with Gasteiger partial charge in [-0.05, 0) is 55.2 Å². The molecule has 1 saturated heterocycles. The molecule has 3 nitrogen and oxygen atoms in total. The Balaban J connectivity index is 1.78. The molecule has 1 amide bonds. The maximum atomic E-state index is 13.3. The van der Waals surface area contributed by atoms with Crippen LogP contribution in [-0.2, 0) is 23.7 Å². The molecule has 0 aromatic heterocycles. The first-order chi connectivity index (χ1) is 14.1. The van der Waals surface area contributed by atoms with E-state index < -0.39 is 29.5 Å². The van der Waals surface area contributed by atoms with Gasteiger partial charge < -0.3 is 9.80 Å². The van der Waals surface area contributed by atoms with Crippen molar-refractivity contribution in [3.05, 3.63) is 59.2 Å². The number of fused-ring (bicyclic) bond motifs is 3. The van der Waals surface area contributed by atoms with Gasteiger partial charge in [0.2, 0.25) is 5.91 Å². The van der Waals surface area contributed by atoms with Crippen LogP contribution in [0.1, 0.15) is 36.0 Å². The van der Waals surface area contributed by atoms with Crippen LogP contribution in [0.2, 0.25) is 0 Å². The van der Waals surface area contributed by atoms with Crippen LogP contribution in [0.3, 0.4) is 0 Å². The average molecular weight is 428 g/mol. The molecule has 0 N–H and O–H groups in total. The average Bonchev–Trinajstić information content (AvgIpc) is 2.69. The normalized spacial score (nSPS) is 19.5. The van der Waals surface area contributed by atoms with E-state index in [-0.39, 0.29) is 23.7 Å². The van der Waals surface area contributed by atoms with Gasteiger partial charge in [0.25, 0.3) is 0 Å². The summed E-state index contributed by atoms with van der Waals surface area (Å²) >= 11 is 0. The Hall–Kier alpha value is -2.71. The van der Waals surface area contributed by atoms with Crippen LogP contribution in [-0.4, -0.2) is 18.5 Å². The Morgan fingerprint density at radius 3 is 2.27 bits per heavy atom. The van der Waals surface area contributed by atoms with E-state index in [2.05, 4.69) is 0 Å². The van der Waals surface area contributed by atoms with Crippen LogP contribution in [0.25, 0.3) is 0 Å². The zero-order valence-electron chi connectivity index (χ0n) is 15.7. The summed E-state index contributed by atoms with van der Waals surface area (Å²) in [6.07, 6.45) is -6.97. The third kappa shape index (κ3) is 3.73. The van der Waals surface area contributed by atoms with Crippen molar-refractivity contribution in [3.63, 3.8) is 0 Å². The number of benzene rings is 2. The highest BCUT2D eigenvalue weighted by Gasteiger charge is 2.41. The Morgan fingerprint density at radius 1 is 0.867 bits per heavy atom. The van der Waals surface area contributed by atoms with E-state index in [1.54, 1.807) is 0 Å². The smallest absolute Gasteiger partial charge is 0.358 e. The Labute approximate surface area is 168 Å². The molecule has 0 saturated carbocycles. The number of hydrogen-bond acceptors (Lipinski definition) is 2. The molecule has 0 radical (unpaired) electrons. The van der Waals surface area contributed by atoms with Gasteiger partial charge in [0.15, 0.2) is 0 Å². The van der Waals surface area contributed by atoms with Gasteiger partial charge in [0, 0.05) is 6.54 Å². The van der Waals surface area contributed by atoms with E-state index in [1.807, 2.05) is 4.90 Å². The highest BCUT2D eigenvalue weighted by atomic mass is 19.4. The van der Waals surface area contributed by atoms with E-state index in [9.17, 15) is 31.1 Å². The molecule has 0 spiro atoms. The molecule has 30 heavy (non-hydrogen) atoms. The first-order valence-corrected chi connectivity index (χ1v) is 9.51. The van der Waals surface area contributed by atoms with Gasteiger partial charge >= 0.3 is 12.4 Å². The lowest BCUT2D eigenvalue weighted by atomic mass is 9.95. The molecule has 1 unspecified atom stereocenters. The lowest BCUT2D eigenvalue weighted by molar-refractivity contribution is -0.138. The standard InChI is InChI=1S/C21H18F6N2O/c22-20(23,24)14-5-3-4-13(10-14)12-29-18-11-15(21(25,26)27)7-8-16(18)28-9-2-1-6-17(28)19(29)30/h3-5,7-8,10-11,17H,1-2,6,9,12H2. The number of carbonyl (C=O) groups excluding carboxylic acids is 1. The van der Waals surface area contributed by atoms with Gasteiger partial charge in [-0.15, -0.1) is 0 Å². The first-order valence-electron chi connectivity index (χ1n) is 9.51. The maximum Gasteiger partial charge on any atom is 0.416 e. The fourth-order valence-corrected chi connectivity index (χ4v) is 4.13. The van der Waals surface area contributed by atoms with Crippen LogP contribution < -0.4 is 9.80 Å². The van der Waals surface area contributed by atoms with Crippen molar-refractivity contribution >= 4 is 17.3 Å². The van der Waals surface area contributed by atoms with Gasteiger partial charge in [0.05, 0.1) is 29.0 Å². The van der Waals surface area contributed by atoms with Crippen LogP contribution in [0.5, 0.6) is 0 Å². The minimum absolute atomic E-state index is 0.0744. The zero-order valence-corrected chi connectivity index (χ0v) is 15.7. The summed E-state index contributed by atoms with van der Waals surface area (Å²) in [5.74, 6) is -0.390. The predicted octanol–water partition coefficient (Wildman–Crippen LogP) is 5.63. The second-order valence-electron chi connectivity index (χ2n) is 7.53. The van der Waals surface area contributed by atoms with Crippen molar-refractivity contribution in [2.75, 3.05) is 16.3 Å². The molecule has 0 aliphatic carbocycles. The summed E-state index contributed by atoms with van der Waals surface area (Å²) in [5.41, 5.74) is -0.998. The van der Waals surface area contributed by atoms with Crippen molar-refractivity contribution < 1.29 is 31.1 Å². The lowest BCUT2D eigenvalue weighted by Crippen LogP contribution is -2.55. The van der Waals surface area contributed by atoms with Crippen LogP contribution >= 0.6 is 0 Å². The number of nitrogens with zero attached hydrogens (tertiary/aromatic N) is 2. The third-order valence-electron chi connectivity index (χ3n) is 5.55. The number of amides is 1. The van der Waals surface area contributed by atoms with E-state index in [0.29, 0.717) is 18.7 Å². The molecule has 160 valence electrons. The maximum absolute atomic E-state index is 13.3. The van der Waals surface area contributed by atoms with Gasteiger partial charge in [0.1, 0.15) is 6.04 Å². The molecule has 1 atom stereocenters. The predicted molar refractivity (Wildman–Crippen MR) is 99.1 cm³/mol. The Kier molecular flexibility index (Phi) is 4.94. The van der Waals surface area contributed by atoms with Gasteiger partial charge in [-0.25, -0.2) is 0 Å². The van der Waals surface area contributed by atoms with Crippen LogP contribution in [0, 0.1) is 0 Å². The Bertz CT molecular complexity index is 969. The van der Waals surface area contributed by atoms with Gasteiger partial charge in [-0.3, -0.25) is 4.79 Å². The fraction of sp³-hybridized carbons (Fsp3) is 0.381. The van der Waals surface area contributed by atoms with Gasteiger partial charge in [-0.2, -0.15) is 26.3 Å². The Morgan fingerprint density at radius 2 is 1.57 bits per heavy atom. The molecule has 2 aliphatic rings. The number of carbonyl (C=O) groups is 1. The minimum atomic E-state index is -4.60. The lowest BCUT2D eigenvalue weighted by Gasteiger charge is -2.45. The van der Waals surface area contributed by atoms with Crippen molar-refractivity contribution in [1.82, 2.24) is 0 Å². The fourth-order valence-electron chi connectivity index (χ4n) is 4.13. The number of anilines is 2. The molecule has 2 aromatic rings. The van der Waals surface area contributed by atoms with Crippen LogP contribution in [0.15, 0.2) is 42.5 Å². The second-order valence-corrected chi connectivity index (χ2v) is 7.53. The topological polar surface area (TPSA) is 23.6 Å². The van der Waals surface area contributed by atoms with Gasteiger partial charge in [-0.1, -0.05) is 12.1 Å². The summed E-state index contributed by atoms with van der Waals surface area (Å²) in [6, 6.07) is 7.22.